The summed E-state index contributed by atoms with van der Waals surface area (Å²) < 4.78 is 0. The van der Waals surface area contributed by atoms with Crippen LogP contribution in [0.4, 0.5) is 0 Å². The first-order valence-electron chi connectivity index (χ1n) is 6.20. The third kappa shape index (κ3) is 4.87. The molecule has 0 saturated heterocycles. The normalized spacial score (nSPS) is 14.6. The van der Waals surface area contributed by atoms with Gasteiger partial charge in [0.15, 0.2) is 0 Å². The molecular formula is C14H21Cl2N. The minimum atomic E-state index is 0.500. The molecule has 0 aromatic heterocycles. The molecular weight excluding hydrogens is 253 g/mol. The molecule has 96 valence electrons. The molecule has 2 atom stereocenters. The van der Waals surface area contributed by atoms with E-state index < -0.39 is 0 Å². The lowest BCUT2D eigenvalue weighted by Gasteiger charge is -2.18. The Morgan fingerprint density at radius 3 is 2.59 bits per heavy atom. The standard InChI is InChI=1S/C14H21Cl2N/c1-4-10(2)8-11(3)17-9-12-6-5-7-13(15)14(12)16/h5-7,10-11,17H,4,8-9H2,1-3H3. The summed E-state index contributed by atoms with van der Waals surface area (Å²) in [5.74, 6) is 0.757. The number of benzene rings is 1. The first-order chi connectivity index (χ1) is 8.04. The highest BCUT2D eigenvalue weighted by Crippen LogP contribution is 2.25. The maximum Gasteiger partial charge on any atom is 0.0637 e. The van der Waals surface area contributed by atoms with Crippen LogP contribution in [0.25, 0.3) is 0 Å². The van der Waals surface area contributed by atoms with Crippen molar-refractivity contribution in [2.24, 2.45) is 5.92 Å². The van der Waals surface area contributed by atoms with E-state index in [0.29, 0.717) is 16.1 Å². The zero-order valence-electron chi connectivity index (χ0n) is 10.8. The number of nitrogens with one attached hydrogen (secondary N) is 1. The van der Waals surface area contributed by atoms with Crippen LogP contribution in [-0.4, -0.2) is 6.04 Å². The first-order valence-corrected chi connectivity index (χ1v) is 6.96. The van der Waals surface area contributed by atoms with E-state index in [1.165, 1.54) is 12.8 Å². The maximum absolute atomic E-state index is 6.14. The summed E-state index contributed by atoms with van der Waals surface area (Å²) in [4.78, 5) is 0. The largest absolute Gasteiger partial charge is 0.310 e. The van der Waals surface area contributed by atoms with Crippen molar-refractivity contribution in [2.45, 2.75) is 46.2 Å². The third-order valence-corrected chi connectivity index (χ3v) is 3.98. The number of rotatable bonds is 6. The first kappa shape index (κ1) is 14.8. The van der Waals surface area contributed by atoms with E-state index in [4.69, 9.17) is 23.2 Å². The van der Waals surface area contributed by atoms with Crippen LogP contribution < -0.4 is 5.32 Å². The fourth-order valence-electron chi connectivity index (χ4n) is 1.82. The van der Waals surface area contributed by atoms with Gasteiger partial charge in [0, 0.05) is 12.6 Å². The number of hydrogen-bond donors (Lipinski definition) is 1. The predicted molar refractivity (Wildman–Crippen MR) is 76.8 cm³/mol. The van der Waals surface area contributed by atoms with Gasteiger partial charge in [0.05, 0.1) is 10.0 Å². The zero-order chi connectivity index (χ0) is 12.8. The van der Waals surface area contributed by atoms with Crippen LogP contribution in [0.15, 0.2) is 18.2 Å². The second-order valence-electron chi connectivity index (χ2n) is 4.74. The van der Waals surface area contributed by atoms with Crippen LogP contribution in [0.2, 0.25) is 10.0 Å². The van der Waals surface area contributed by atoms with E-state index in [1.807, 2.05) is 18.2 Å². The molecule has 0 spiro atoms. The molecule has 0 heterocycles. The van der Waals surface area contributed by atoms with Gasteiger partial charge in [0.2, 0.25) is 0 Å². The smallest absolute Gasteiger partial charge is 0.0637 e. The molecule has 0 fully saturated rings. The molecule has 1 aromatic carbocycles. The molecule has 3 heteroatoms. The average molecular weight is 274 g/mol. The molecule has 0 aliphatic rings. The summed E-state index contributed by atoms with van der Waals surface area (Å²) in [7, 11) is 0. The maximum atomic E-state index is 6.14. The van der Waals surface area contributed by atoms with Gasteiger partial charge in [-0.05, 0) is 30.9 Å². The SMILES string of the molecule is CCC(C)CC(C)NCc1cccc(Cl)c1Cl. The highest BCUT2D eigenvalue weighted by atomic mass is 35.5. The summed E-state index contributed by atoms with van der Waals surface area (Å²) in [5.41, 5.74) is 1.06. The molecule has 0 bridgehead atoms. The van der Waals surface area contributed by atoms with E-state index in [1.54, 1.807) is 0 Å². The van der Waals surface area contributed by atoms with Crippen molar-refractivity contribution in [3.05, 3.63) is 33.8 Å². The van der Waals surface area contributed by atoms with Crippen LogP contribution in [-0.2, 0) is 6.54 Å². The van der Waals surface area contributed by atoms with Crippen molar-refractivity contribution < 1.29 is 0 Å². The Bertz CT molecular complexity index is 352. The molecule has 0 saturated carbocycles. The molecule has 1 nitrogen and oxygen atoms in total. The third-order valence-electron chi connectivity index (χ3n) is 3.13. The lowest BCUT2D eigenvalue weighted by atomic mass is 10.0. The van der Waals surface area contributed by atoms with Gasteiger partial charge in [0.1, 0.15) is 0 Å². The number of hydrogen-bond acceptors (Lipinski definition) is 1. The van der Waals surface area contributed by atoms with Gasteiger partial charge in [-0.15, -0.1) is 0 Å². The fourth-order valence-corrected chi connectivity index (χ4v) is 2.21. The summed E-state index contributed by atoms with van der Waals surface area (Å²) >= 11 is 12.1. The Morgan fingerprint density at radius 2 is 1.94 bits per heavy atom. The predicted octanol–water partition coefficient (Wildman–Crippen LogP) is 4.91. The Labute approximate surface area is 115 Å². The molecule has 1 rings (SSSR count). The van der Waals surface area contributed by atoms with Gasteiger partial charge < -0.3 is 5.32 Å². The molecule has 0 aliphatic heterocycles. The molecule has 17 heavy (non-hydrogen) atoms. The average Bonchev–Trinajstić information content (AvgIpc) is 2.31. The quantitative estimate of drug-likeness (QED) is 0.777. The van der Waals surface area contributed by atoms with Gasteiger partial charge in [-0.1, -0.05) is 55.6 Å². The van der Waals surface area contributed by atoms with Crippen molar-refractivity contribution in [3.63, 3.8) is 0 Å². The molecule has 0 aliphatic carbocycles. The van der Waals surface area contributed by atoms with Crippen LogP contribution in [0.1, 0.15) is 39.2 Å². The van der Waals surface area contributed by atoms with Crippen molar-refractivity contribution in [3.8, 4) is 0 Å². The minimum absolute atomic E-state index is 0.500. The van der Waals surface area contributed by atoms with Crippen molar-refractivity contribution >= 4 is 23.2 Å². The van der Waals surface area contributed by atoms with E-state index in [2.05, 4.69) is 26.1 Å². The molecule has 1 aromatic rings. The molecule has 1 N–H and O–H groups in total. The molecule has 0 radical (unpaired) electrons. The summed E-state index contributed by atoms with van der Waals surface area (Å²) in [6.45, 7) is 7.50. The van der Waals surface area contributed by atoms with E-state index >= 15 is 0 Å². The lowest BCUT2D eigenvalue weighted by molar-refractivity contribution is 0.412. The Morgan fingerprint density at radius 1 is 1.24 bits per heavy atom. The molecule has 0 amide bonds. The second-order valence-corrected chi connectivity index (χ2v) is 5.53. The monoisotopic (exact) mass is 273 g/mol. The highest BCUT2D eigenvalue weighted by Gasteiger charge is 2.08. The summed E-state index contributed by atoms with van der Waals surface area (Å²) in [6.07, 6.45) is 2.42. The summed E-state index contributed by atoms with van der Waals surface area (Å²) in [6, 6.07) is 6.26. The molecule has 2 unspecified atom stereocenters. The lowest BCUT2D eigenvalue weighted by Crippen LogP contribution is -2.27. The van der Waals surface area contributed by atoms with Gasteiger partial charge >= 0.3 is 0 Å². The second kappa shape index (κ2) is 7.25. The highest BCUT2D eigenvalue weighted by molar-refractivity contribution is 6.42. The van der Waals surface area contributed by atoms with E-state index in [9.17, 15) is 0 Å². The number of halogens is 2. The van der Waals surface area contributed by atoms with Gasteiger partial charge in [-0.25, -0.2) is 0 Å². The minimum Gasteiger partial charge on any atom is -0.310 e. The fraction of sp³-hybridized carbons (Fsp3) is 0.571. The van der Waals surface area contributed by atoms with E-state index in [-0.39, 0.29) is 0 Å². The van der Waals surface area contributed by atoms with Crippen LogP contribution in [0.5, 0.6) is 0 Å². The Balaban J connectivity index is 2.47. The van der Waals surface area contributed by atoms with Crippen LogP contribution >= 0.6 is 23.2 Å². The van der Waals surface area contributed by atoms with E-state index in [0.717, 1.165) is 18.0 Å². The van der Waals surface area contributed by atoms with Crippen molar-refractivity contribution in [1.82, 2.24) is 5.32 Å². The zero-order valence-corrected chi connectivity index (χ0v) is 12.3. The topological polar surface area (TPSA) is 12.0 Å². The summed E-state index contributed by atoms with van der Waals surface area (Å²) in [5, 5.41) is 4.78. The van der Waals surface area contributed by atoms with Crippen molar-refractivity contribution in [1.29, 1.82) is 0 Å². The van der Waals surface area contributed by atoms with Crippen LogP contribution in [0.3, 0.4) is 0 Å². The van der Waals surface area contributed by atoms with Crippen molar-refractivity contribution in [2.75, 3.05) is 0 Å². The Kier molecular flexibility index (Phi) is 6.32. The Hall–Kier alpha value is -0.240. The van der Waals surface area contributed by atoms with Crippen LogP contribution in [0, 0.1) is 5.92 Å². The van der Waals surface area contributed by atoms with Gasteiger partial charge in [0.25, 0.3) is 0 Å². The van der Waals surface area contributed by atoms with Gasteiger partial charge in [-0.2, -0.15) is 0 Å². The van der Waals surface area contributed by atoms with Gasteiger partial charge in [-0.3, -0.25) is 0 Å².